The van der Waals surface area contributed by atoms with Gasteiger partial charge in [0, 0.05) is 18.5 Å². The largest absolute Gasteiger partial charge is 0.457 e. The first kappa shape index (κ1) is 32.6. The number of hydrogen-bond donors (Lipinski definition) is 1. The highest BCUT2D eigenvalue weighted by molar-refractivity contribution is 6.36. The molecular formula is C35H43N3O6. The monoisotopic (exact) mass is 601 g/mol. The normalized spacial score (nSPS) is 18.2. The molecule has 1 N–H and O–H groups in total. The van der Waals surface area contributed by atoms with Gasteiger partial charge in [-0.05, 0) is 43.7 Å². The van der Waals surface area contributed by atoms with Crippen molar-refractivity contribution in [2.24, 2.45) is 11.8 Å². The van der Waals surface area contributed by atoms with Gasteiger partial charge in [0.1, 0.15) is 18.6 Å². The van der Waals surface area contributed by atoms with E-state index in [4.69, 9.17) is 4.74 Å². The predicted octanol–water partition coefficient (Wildman–Crippen LogP) is 4.51. The maximum absolute atomic E-state index is 14.2. The zero-order valence-corrected chi connectivity index (χ0v) is 26.0. The summed E-state index contributed by atoms with van der Waals surface area (Å²) in [4.78, 5) is 70.3. The van der Waals surface area contributed by atoms with Crippen LogP contribution in [0, 0.1) is 11.8 Å². The van der Waals surface area contributed by atoms with Crippen molar-refractivity contribution in [2.45, 2.75) is 84.4 Å². The number of nitrogens with one attached hydrogen (secondary N) is 1. The molecule has 2 aromatic carbocycles. The number of ether oxygens (including phenoxy) is 1. The van der Waals surface area contributed by atoms with Gasteiger partial charge in [-0.1, -0.05) is 93.8 Å². The number of Topliss-reactive ketones (excluding diaryl/α,β-unsaturated/α-hetero) is 1. The Morgan fingerprint density at radius 3 is 2.09 bits per heavy atom. The lowest BCUT2D eigenvalue weighted by Gasteiger charge is -2.42. The minimum atomic E-state index is -1.19. The fourth-order valence-electron chi connectivity index (χ4n) is 5.91. The Morgan fingerprint density at radius 1 is 0.886 bits per heavy atom. The SMILES string of the molecule is CC(C)OC(=O)C(=O)[C@H](Cc1ccccc1)NC(=O)CN1C(=O)C(C(C)C)N(C(=O)C2CCCCC2)C=C1c1ccccc1. The topological polar surface area (TPSA) is 113 Å². The lowest BCUT2D eigenvalue weighted by Crippen LogP contribution is -2.58. The van der Waals surface area contributed by atoms with E-state index >= 15 is 0 Å². The molecule has 2 aromatic rings. The van der Waals surface area contributed by atoms with Crippen molar-refractivity contribution < 1.29 is 28.7 Å². The molecule has 234 valence electrons. The summed E-state index contributed by atoms with van der Waals surface area (Å²) in [5, 5.41) is 2.70. The van der Waals surface area contributed by atoms with Gasteiger partial charge in [-0.15, -0.1) is 0 Å². The Morgan fingerprint density at radius 2 is 1.50 bits per heavy atom. The molecule has 1 heterocycles. The van der Waals surface area contributed by atoms with Gasteiger partial charge in [-0.2, -0.15) is 0 Å². The van der Waals surface area contributed by atoms with E-state index in [1.54, 1.807) is 49.2 Å². The number of amides is 3. The van der Waals surface area contributed by atoms with E-state index in [-0.39, 0.29) is 30.1 Å². The molecule has 9 heteroatoms. The second-order valence-corrected chi connectivity index (χ2v) is 12.2. The standard InChI is InChI=1S/C35H43N3O6/c1-23(2)31-34(42)37(29(26-16-10-6-11-17-26)21-38(31)33(41)27-18-12-7-13-19-27)22-30(39)36-28(20-25-14-8-5-9-15-25)32(40)35(43)44-24(3)4/h5-6,8-11,14-17,21,23-24,27-28,31H,7,12-13,18-20,22H2,1-4H3,(H,36,39)/t28-,31?/m0/s1. The van der Waals surface area contributed by atoms with Crippen molar-refractivity contribution in [3.8, 4) is 0 Å². The molecule has 1 unspecified atom stereocenters. The summed E-state index contributed by atoms with van der Waals surface area (Å²) in [5.41, 5.74) is 1.85. The van der Waals surface area contributed by atoms with Gasteiger partial charge in [0.2, 0.25) is 11.8 Å². The van der Waals surface area contributed by atoms with Crippen LogP contribution in [0.15, 0.2) is 66.9 Å². The lowest BCUT2D eigenvalue weighted by atomic mass is 9.87. The number of hydrogen-bond acceptors (Lipinski definition) is 6. The zero-order valence-electron chi connectivity index (χ0n) is 26.0. The first-order valence-electron chi connectivity index (χ1n) is 15.6. The molecular weight excluding hydrogens is 558 g/mol. The van der Waals surface area contributed by atoms with Crippen LogP contribution in [0.2, 0.25) is 0 Å². The van der Waals surface area contributed by atoms with Crippen LogP contribution < -0.4 is 5.32 Å². The average molecular weight is 602 g/mol. The Labute approximate surface area is 259 Å². The van der Waals surface area contributed by atoms with Crippen LogP contribution in [-0.2, 0) is 35.1 Å². The van der Waals surface area contributed by atoms with Crippen LogP contribution in [0.25, 0.3) is 5.70 Å². The van der Waals surface area contributed by atoms with Crippen molar-refractivity contribution in [1.82, 2.24) is 15.1 Å². The molecule has 0 saturated heterocycles. The molecule has 9 nitrogen and oxygen atoms in total. The molecule has 1 saturated carbocycles. The quantitative estimate of drug-likeness (QED) is 0.300. The smallest absolute Gasteiger partial charge is 0.377 e. The molecule has 0 radical (unpaired) electrons. The third kappa shape index (κ3) is 8.01. The fourth-order valence-corrected chi connectivity index (χ4v) is 5.91. The fraction of sp³-hybridized carbons (Fsp3) is 0.457. The summed E-state index contributed by atoms with van der Waals surface area (Å²) in [6.07, 6.45) is 5.95. The van der Waals surface area contributed by atoms with Crippen LogP contribution in [0.4, 0.5) is 0 Å². The zero-order chi connectivity index (χ0) is 31.8. The molecule has 0 spiro atoms. The molecule has 2 atom stereocenters. The van der Waals surface area contributed by atoms with E-state index in [0.29, 0.717) is 11.3 Å². The van der Waals surface area contributed by atoms with E-state index in [0.717, 1.165) is 37.7 Å². The first-order chi connectivity index (χ1) is 21.1. The molecule has 0 aromatic heterocycles. The summed E-state index contributed by atoms with van der Waals surface area (Å²) in [5.74, 6) is -3.30. The Kier molecular flexibility index (Phi) is 11.1. The van der Waals surface area contributed by atoms with Crippen molar-refractivity contribution in [3.05, 3.63) is 78.0 Å². The van der Waals surface area contributed by atoms with E-state index < -0.39 is 42.4 Å². The Hall–Kier alpha value is -4.27. The summed E-state index contributed by atoms with van der Waals surface area (Å²) in [7, 11) is 0. The highest BCUT2D eigenvalue weighted by atomic mass is 16.5. The highest BCUT2D eigenvalue weighted by Gasteiger charge is 2.43. The summed E-state index contributed by atoms with van der Waals surface area (Å²) in [6, 6.07) is 16.2. The molecule has 4 rings (SSSR count). The molecule has 0 bridgehead atoms. The summed E-state index contributed by atoms with van der Waals surface area (Å²) >= 11 is 0. The predicted molar refractivity (Wildman–Crippen MR) is 166 cm³/mol. The number of esters is 1. The highest BCUT2D eigenvalue weighted by Crippen LogP contribution is 2.33. The first-order valence-corrected chi connectivity index (χ1v) is 15.6. The molecule has 3 amide bonds. The van der Waals surface area contributed by atoms with Crippen LogP contribution in [0.1, 0.15) is 70.9 Å². The summed E-state index contributed by atoms with van der Waals surface area (Å²) in [6.45, 7) is 6.66. The number of carbonyl (C=O) groups is 5. The van der Waals surface area contributed by atoms with E-state index in [1.807, 2.05) is 50.2 Å². The van der Waals surface area contributed by atoms with Crippen LogP contribution in [-0.4, -0.2) is 64.0 Å². The van der Waals surface area contributed by atoms with Crippen LogP contribution in [0.5, 0.6) is 0 Å². The molecule has 44 heavy (non-hydrogen) atoms. The number of benzene rings is 2. The van der Waals surface area contributed by atoms with Crippen LogP contribution >= 0.6 is 0 Å². The number of rotatable bonds is 11. The molecule has 1 aliphatic carbocycles. The van der Waals surface area contributed by atoms with Gasteiger partial charge < -0.3 is 15.0 Å². The van der Waals surface area contributed by atoms with Crippen LogP contribution in [0.3, 0.4) is 0 Å². The molecule has 1 aliphatic heterocycles. The van der Waals surface area contributed by atoms with Gasteiger partial charge in [-0.3, -0.25) is 24.1 Å². The number of ketones is 1. The molecule has 1 fully saturated rings. The third-order valence-corrected chi connectivity index (χ3v) is 8.06. The average Bonchev–Trinajstić information content (AvgIpc) is 3.01. The van der Waals surface area contributed by atoms with E-state index in [9.17, 15) is 24.0 Å². The minimum Gasteiger partial charge on any atom is -0.457 e. The summed E-state index contributed by atoms with van der Waals surface area (Å²) < 4.78 is 5.13. The Balaban J connectivity index is 1.64. The third-order valence-electron chi connectivity index (χ3n) is 8.06. The second-order valence-electron chi connectivity index (χ2n) is 12.2. The maximum atomic E-state index is 14.2. The van der Waals surface area contributed by atoms with Gasteiger partial charge >= 0.3 is 5.97 Å². The van der Waals surface area contributed by atoms with Crippen molar-refractivity contribution in [1.29, 1.82) is 0 Å². The Bertz CT molecular complexity index is 1370. The van der Waals surface area contributed by atoms with Gasteiger partial charge in [0.25, 0.3) is 11.7 Å². The number of carbonyl (C=O) groups excluding carboxylic acids is 5. The van der Waals surface area contributed by atoms with Gasteiger partial charge in [-0.25, -0.2) is 4.79 Å². The second kappa shape index (κ2) is 14.9. The lowest BCUT2D eigenvalue weighted by molar-refractivity contribution is -0.157. The van der Waals surface area contributed by atoms with Crippen molar-refractivity contribution in [2.75, 3.05) is 6.54 Å². The maximum Gasteiger partial charge on any atom is 0.377 e. The van der Waals surface area contributed by atoms with E-state index in [2.05, 4.69) is 5.32 Å². The minimum absolute atomic E-state index is 0.0635. The van der Waals surface area contributed by atoms with Crippen molar-refractivity contribution >= 4 is 35.2 Å². The molecule has 2 aliphatic rings. The number of nitrogens with zero attached hydrogens (tertiary/aromatic N) is 2. The van der Waals surface area contributed by atoms with E-state index in [1.165, 1.54) is 4.90 Å². The van der Waals surface area contributed by atoms with Gasteiger partial charge in [0.15, 0.2) is 0 Å². The van der Waals surface area contributed by atoms with Gasteiger partial charge in [0.05, 0.1) is 11.8 Å². The van der Waals surface area contributed by atoms with Crippen molar-refractivity contribution in [3.63, 3.8) is 0 Å².